The van der Waals surface area contributed by atoms with Gasteiger partial charge >= 0.3 is 0 Å². The molecule has 0 aliphatic carbocycles. The van der Waals surface area contributed by atoms with E-state index in [1.165, 1.54) is 0 Å². The first-order chi connectivity index (χ1) is 4.86. The van der Waals surface area contributed by atoms with E-state index in [4.69, 9.17) is 0 Å². The molecule has 52 valence electrons. The lowest BCUT2D eigenvalue weighted by Gasteiger charge is -2.12. The third kappa shape index (κ3) is 0.744. The van der Waals surface area contributed by atoms with Crippen LogP contribution < -0.4 is 0 Å². The van der Waals surface area contributed by atoms with Crippen molar-refractivity contribution in [2.24, 2.45) is 10.9 Å². The van der Waals surface area contributed by atoms with Gasteiger partial charge in [-0.3, -0.25) is 0 Å². The van der Waals surface area contributed by atoms with Gasteiger partial charge in [0.2, 0.25) is 5.95 Å². The molecule has 0 saturated carbocycles. The number of rotatable bonds is 0. The molecule has 0 N–H and O–H groups in total. The maximum Gasteiger partial charge on any atom is 0.229 e. The second-order valence-corrected chi connectivity index (χ2v) is 2.64. The van der Waals surface area contributed by atoms with Crippen molar-refractivity contribution < 1.29 is 0 Å². The molecule has 2 rings (SSSR count). The van der Waals surface area contributed by atoms with E-state index in [1.54, 1.807) is 6.20 Å². The van der Waals surface area contributed by atoms with Gasteiger partial charge in [0.25, 0.3) is 0 Å². The quantitative estimate of drug-likeness (QED) is 0.526. The third-order valence-corrected chi connectivity index (χ3v) is 1.62. The van der Waals surface area contributed by atoms with Crippen LogP contribution in [-0.4, -0.2) is 15.8 Å². The molecule has 1 atom stereocenters. The summed E-state index contributed by atoms with van der Waals surface area (Å²) in [6.07, 6.45) is 5.69. The Morgan fingerprint density at radius 1 is 1.70 bits per heavy atom. The van der Waals surface area contributed by atoms with Crippen LogP contribution in [0.15, 0.2) is 17.4 Å². The monoisotopic (exact) mass is 135 g/mol. The van der Waals surface area contributed by atoms with Crippen LogP contribution in [0, 0.1) is 5.92 Å². The highest BCUT2D eigenvalue weighted by atomic mass is 15.2. The van der Waals surface area contributed by atoms with E-state index in [0.717, 1.165) is 12.5 Å². The van der Waals surface area contributed by atoms with Gasteiger partial charge in [0.15, 0.2) is 0 Å². The molecule has 0 radical (unpaired) electrons. The first-order valence-corrected chi connectivity index (χ1v) is 3.41. The Morgan fingerprint density at radius 3 is 3.50 bits per heavy atom. The van der Waals surface area contributed by atoms with Crippen molar-refractivity contribution in [1.82, 2.24) is 9.55 Å². The highest BCUT2D eigenvalue weighted by Gasteiger charge is 2.08. The van der Waals surface area contributed by atoms with E-state index in [1.807, 2.05) is 12.4 Å². The topological polar surface area (TPSA) is 30.2 Å². The molecule has 0 unspecified atom stereocenters. The van der Waals surface area contributed by atoms with Crippen molar-refractivity contribution in [3.8, 4) is 0 Å². The van der Waals surface area contributed by atoms with Gasteiger partial charge in [0.1, 0.15) is 0 Å². The highest BCUT2D eigenvalue weighted by molar-refractivity contribution is 5.64. The van der Waals surface area contributed by atoms with Crippen LogP contribution in [0.25, 0.3) is 0 Å². The summed E-state index contributed by atoms with van der Waals surface area (Å²) in [6.45, 7) is 3.16. The number of aliphatic imine (C=N–C) groups is 1. The maximum absolute atomic E-state index is 4.16. The van der Waals surface area contributed by atoms with Crippen LogP contribution in [0.1, 0.15) is 6.92 Å². The highest BCUT2D eigenvalue weighted by Crippen LogP contribution is 2.15. The molecule has 0 aromatic carbocycles. The summed E-state index contributed by atoms with van der Waals surface area (Å²) in [6, 6.07) is 0. The molecule has 10 heavy (non-hydrogen) atoms. The van der Waals surface area contributed by atoms with Crippen LogP contribution in [-0.2, 0) is 6.54 Å². The summed E-state index contributed by atoms with van der Waals surface area (Å²) < 4.78 is 2.06. The van der Waals surface area contributed by atoms with Crippen LogP contribution in [0.2, 0.25) is 0 Å². The molecule has 1 aromatic heterocycles. The van der Waals surface area contributed by atoms with Gasteiger partial charge in [-0.25, -0.2) is 9.98 Å². The molecular weight excluding hydrogens is 126 g/mol. The number of hydrogen-bond donors (Lipinski definition) is 0. The SMILES string of the molecule is C[C@@H]1C=Nc2nccn2C1. The van der Waals surface area contributed by atoms with Gasteiger partial charge in [-0.1, -0.05) is 6.92 Å². The van der Waals surface area contributed by atoms with E-state index >= 15 is 0 Å². The largest absolute Gasteiger partial charge is 0.315 e. The van der Waals surface area contributed by atoms with Crippen molar-refractivity contribution in [3.63, 3.8) is 0 Å². The van der Waals surface area contributed by atoms with E-state index in [2.05, 4.69) is 21.5 Å². The standard InChI is InChI=1S/C7H9N3/c1-6-4-9-7-8-2-3-10(7)5-6/h2-4,6H,5H2,1H3/t6-/m1/s1. The Morgan fingerprint density at radius 2 is 2.60 bits per heavy atom. The molecule has 1 aromatic rings. The zero-order valence-corrected chi connectivity index (χ0v) is 5.86. The van der Waals surface area contributed by atoms with Gasteiger partial charge in [-0.05, 0) is 0 Å². The fourth-order valence-corrected chi connectivity index (χ4v) is 1.12. The van der Waals surface area contributed by atoms with E-state index in [-0.39, 0.29) is 0 Å². The molecule has 0 spiro atoms. The minimum Gasteiger partial charge on any atom is -0.315 e. The molecule has 1 aliphatic heterocycles. The zero-order chi connectivity index (χ0) is 6.97. The molecule has 0 saturated heterocycles. The van der Waals surface area contributed by atoms with E-state index in [9.17, 15) is 0 Å². The predicted octanol–water partition coefficient (Wildman–Crippen LogP) is 1.24. The Labute approximate surface area is 59.4 Å². The molecular formula is C7H9N3. The number of fused-ring (bicyclic) bond motifs is 1. The van der Waals surface area contributed by atoms with Crippen LogP contribution in [0.3, 0.4) is 0 Å². The average molecular weight is 135 g/mol. The Hall–Kier alpha value is -1.12. The molecule has 0 bridgehead atoms. The lowest BCUT2D eigenvalue weighted by molar-refractivity contribution is 0.592. The number of aromatic nitrogens is 2. The molecule has 3 heteroatoms. The second-order valence-electron chi connectivity index (χ2n) is 2.64. The Bertz CT molecular complexity index is 262. The zero-order valence-electron chi connectivity index (χ0n) is 5.86. The third-order valence-electron chi connectivity index (χ3n) is 1.62. The molecule has 2 heterocycles. The normalized spacial score (nSPS) is 22.7. The summed E-state index contributed by atoms with van der Waals surface area (Å²) in [4.78, 5) is 8.22. The van der Waals surface area contributed by atoms with Crippen molar-refractivity contribution in [3.05, 3.63) is 12.4 Å². The minimum absolute atomic E-state index is 0.543. The van der Waals surface area contributed by atoms with Gasteiger partial charge in [0.05, 0.1) is 0 Å². The van der Waals surface area contributed by atoms with Crippen molar-refractivity contribution in [2.45, 2.75) is 13.5 Å². The van der Waals surface area contributed by atoms with Gasteiger partial charge in [0, 0.05) is 31.1 Å². The van der Waals surface area contributed by atoms with Crippen molar-refractivity contribution in [2.75, 3.05) is 0 Å². The fraction of sp³-hybridized carbons (Fsp3) is 0.429. The summed E-state index contributed by atoms with van der Waals surface area (Å²) in [5.74, 6) is 1.37. The Balaban J connectivity index is 2.43. The van der Waals surface area contributed by atoms with Crippen molar-refractivity contribution in [1.29, 1.82) is 0 Å². The molecule has 0 amide bonds. The second kappa shape index (κ2) is 1.94. The molecule has 3 nitrogen and oxygen atoms in total. The first-order valence-electron chi connectivity index (χ1n) is 3.41. The van der Waals surface area contributed by atoms with Crippen LogP contribution >= 0.6 is 0 Å². The smallest absolute Gasteiger partial charge is 0.229 e. The average Bonchev–Trinajstić information content (AvgIpc) is 2.33. The molecule has 0 fully saturated rings. The number of imidazole rings is 1. The van der Waals surface area contributed by atoms with Crippen LogP contribution in [0.4, 0.5) is 5.95 Å². The summed E-state index contributed by atoms with van der Waals surface area (Å²) in [5.41, 5.74) is 0. The summed E-state index contributed by atoms with van der Waals surface area (Å²) in [7, 11) is 0. The Kier molecular flexibility index (Phi) is 1.09. The minimum atomic E-state index is 0.543. The predicted molar refractivity (Wildman–Crippen MR) is 39.5 cm³/mol. The maximum atomic E-state index is 4.16. The summed E-state index contributed by atoms with van der Waals surface area (Å²) >= 11 is 0. The number of hydrogen-bond acceptors (Lipinski definition) is 2. The first kappa shape index (κ1) is 5.65. The van der Waals surface area contributed by atoms with Gasteiger partial charge in [-0.15, -0.1) is 0 Å². The fourth-order valence-electron chi connectivity index (χ4n) is 1.12. The van der Waals surface area contributed by atoms with Crippen molar-refractivity contribution >= 4 is 12.2 Å². The summed E-state index contributed by atoms with van der Waals surface area (Å²) in [5, 5.41) is 0. The van der Waals surface area contributed by atoms with Gasteiger partial charge in [-0.2, -0.15) is 0 Å². The van der Waals surface area contributed by atoms with Crippen LogP contribution in [0.5, 0.6) is 0 Å². The van der Waals surface area contributed by atoms with E-state index < -0.39 is 0 Å². The van der Waals surface area contributed by atoms with E-state index in [0.29, 0.717) is 5.92 Å². The molecule has 1 aliphatic rings. The lowest BCUT2D eigenvalue weighted by Crippen LogP contribution is -2.11. The van der Waals surface area contributed by atoms with Gasteiger partial charge < -0.3 is 4.57 Å². The lowest BCUT2D eigenvalue weighted by atomic mass is 10.2. The number of nitrogens with zero attached hydrogens (tertiary/aromatic N) is 3.